The average molecular weight is 382 g/mol. The van der Waals surface area contributed by atoms with E-state index in [0.29, 0.717) is 16.5 Å². The summed E-state index contributed by atoms with van der Waals surface area (Å²) in [6, 6.07) is 7.38. The average Bonchev–Trinajstić information content (AvgIpc) is 3.34. The Kier molecular flexibility index (Phi) is 3.38. The van der Waals surface area contributed by atoms with E-state index in [1.54, 1.807) is 11.3 Å². The molecule has 0 unspecified atom stereocenters. The number of aromatic nitrogens is 3. The Bertz CT molecular complexity index is 1270. The van der Waals surface area contributed by atoms with Crippen molar-refractivity contribution in [3.8, 4) is 0 Å². The number of amides is 1. The molecule has 1 aromatic carbocycles. The number of carbonyl (C=O) groups is 1. The molecule has 0 atom stereocenters. The first-order valence-electron chi connectivity index (χ1n) is 8.15. The van der Waals surface area contributed by atoms with Crippen LogP contribution in [0.25, 0.3) is 26.4 Å². The molecule has 8 heteroatoms. The molecule has 1 N–H and O–H groups in total. The minimum absolute atomic E-state index is 0.149. The first-order chi connectivity index (χ1) is 12.6. The van der Waals surface area contributed by atoms with Gasteiger partial charge in [0.2, 0.25) is 0 Å². The number of thiophene rings is 1. The van der Waals surface area contributed by atoms with E-state index in [1.807, 2.05) is 54.1 Å². The number of thiazole rings is 1. The lowest BCUT2D eigenvalue weighted by molar-refractivity contribution is 0.103. The van der Waals surface area contributed by atoms with Gasteiger partial charge in [-0.05, 0) is 24.3 Å². The molecule has 6 nitrogen and oxygen atoms in total. The summed E-state index contributed by atoms with van der Waals surface area (Å²) in [6.45, 7) is 4.07. The number of nitrogens with zero attached hydrogens (tertiary/aromatic N) is 3. The highest BCUT2D eigenvalue weighted by molar-refractivity contribution is 7.21. The van der Waals surface area contributed by atoms with Gasteiger partial charge < -0.3 is 9.73 Å². The normalized spacial score (nSPS) is 12.0. The van der Waals surface area contributed by atoms with Gasteiger partial charge in [-0.3, -0.25) is 9.20 Å². The maximum absolute atomic E-state index is 12.6. The second kappa shape index (κ2) is 5.65. The fraction of sp³-hybridized carbons (Fsp3) is 0.167. The topological polar surface area (TPSA) is 72.4 Å². The number of oxazole rings is 1. The largest absolute Gasteiger partial charge is 0.440 e. The van der Waals surface area contributed by atoms with Crippen LogP contribution in [-0.4, -0.2) is 20.3 Å². The zero-order chi connectivity index (χ0) is 17.8. The quantitative estimate of drug-likeness (QED) is 0.470. The zero-order valence-corrected chi connectivity index (χ0v) is 15.6. The van der Waals surface area contributed by atoms with Crippen molar-refractivity contribution in [3.63, 3.8) is 0 Å². The van der Waals surface area contributed by atoms with Crippen LogP contribution in [0.2, 0.25) is 0 Å². The number of hydrogen-bond donors (Lipinski definition) is 1. The Morgan fingerprint density at radius 1 is 1.27 bits per heavy atom. The summed E-state index contributed by atoms with van der Waals surface area (Å²) in [6.07, 6.45) is 1.97. The third-order valence-electron chi connectivity index (χ3n) is 4.12. The van der Waals surface area contributed by atoms with Gasteiger partial charge in [0.25, 0.3) is 5.91 Å². The Morgan fingerprint density at radius 2 is 2.15 bits per heavy atom. The van der Waals surface area contributed by atoms with Gasteiger partial charge in [-0.1, -0.05) is 13.8 Å². The van der Waals surface area contributed by atoms with Crippen LogP contribution < -0.4 is 5.32 Å². The van der Waals surface area contributed by atoms with Crippen LogP contribution in [0.1, 0.15) is 35.3 Å². The Morgan fingerprint density at radius 3 is 3.00 bits per heavy atom. The molecule has 0 aliphatic heterocycles. The van der Waals surface area contributed by atoms with Crippen molar-refractivity contribution in [2.75, 3.05) is 5.32 Å². The van der Waals surface area contributed by atoms with Crippen molar-refractivity contribution < 1.29 is 9.21 Å². The number of nitrogens with one attached hydrogen (secondary N) is 1. The standard InChI is InChI=1S/C18H14N4O2S2/c1-9(2)16-20-11-7-10(3-4-13(11)24-16)19-15(23)14-8-12-17(26-14)21-18-22(12)5-6-25-18/h3-9H,1-2H3,(H,19,23). The van der Waals surface area contributed by atoms with Crippen LogP contribution in [0.15, 0.2) is 40.3 Å². The van der Waals surface area contributed by atoms with Crippen molar-refractivity contribution in [2.24, 2.45) is 0 Å². The Hall–Kier alpha value is -2.71. The summed E-state index contributed by atoms with van der Waals surface area (Å²) < 4.78 is 7.71. The first-order valence-corrected chi connectivity index (χ1v) is 9.85. The van der Waals surface area contributed by atoms with Gasteiger partial charge in [0, 0.05) is 23.2 Å². The van der Waals surface area contributed by atoms with E-state index in [4.69, 9.17) is 4.42 Å². The lowest BCUT2D eigenvalue weighted by Crippen LogP contribution is -2.09. The molecule has 0 spiro atoms. The lowest BCUT2D eigenvalue weighted by Gasteiger charge is -2.02. The van der Waals surface area contributed by atoms with E-state index >= 15 is 0 Å². The van der Waals surface area contributed by atoms with E-state index in [0.717, 1.165) is 26.4 Å². The summed E-state index contributed by atoms with van der Waals surface area (Å²) in [5.41, 5.74) is 3.13. The van der Waals surface area contributed by atoms with E-state index in [-0.39, 0.29) is 11.8 Å². The van der Waals surface area contributed by atoms with Crippen molar-refractivity contribution in [1.82, 2.24) is 14.4 Å². The minimum atomic E-state index is -0.149. The highest BCUT2D eigenvalue weighted by Crippen LogP contribution is 2.29. The number of benzene rings is 1. The molecule has 130 valence electrons. The first kappa shape index (κ1) is 15.5. The monoisotopic (exact) mass is 382 g/mol. The smallest absolute Gasteiger partial charge is 0.265 e. The second-order valence-electron chi connectivity index (χ2n) is 6.31. The molecule has 0 saturated carbocycles. The summed E-state index contributed by atoms with van der Waals surface area (Å²) in [4.78, 5) is 24.1. The SMILES string of the molecule is CC(C)c1nc2cc(NC(=O)c3cc4c(nc5sccn54)s3)ccc2o1. The molecule has 5 rings (SSSR count). The van der Waals surface area contributed by atoms with Crippen LogP contribution in [-0.2, 0) is 0 Å². The van der Waals surface area contributed by atoms with Crippen molar-refractivity contribution in [2.45, 2.75) is 19.8 Å². The summed E-state index contributed by atoms with van der Waals surface area (Å²) in [5.74, 6) is 0.768. The summed E-state index contributed by atoms with van der Waals surface area (Å²) >= 11 is 2.98. The highest BCUT2D eigenvalue weighted by Gasteiger charge is 2.16. The number of fused-ring (bicyclic) bond motifs is 4. The molecule has 5 aromatic rings. The molecule has 0 fully saturated rings. The fourth-order valence-corrected chi connectivity index (χ4v) is 4.52. The molecule has 1 amide bonds. The van der Waals surface area contributed by atoms with Crippen LogP contribution in [0.3, 0.4) is 0 Å². The predicted molar refractivity (Wildman–Crippen MR) is 105 cm³/mol. The molecule has 4 heterocycles. The maximum atomic E-state index is 12.6. The molecular weight excluding hydrogens is 368 g/mol. The summed E-state index contributed by atoms with van der Waals surface area (Å²) in [5, 5.41) is 4.92. The number of imidazole rings is 1. The molecule has 0 aliphatic rings. The molecule has 0 bridgehead atoms. The van der Waals surface area contributed by atoms with Gasteiger partial charge in [-0.15, -0.1) is 22.7 Å². The van der Waals surface area contributed by atoms with Crippen molar-refractivity contribution in [3.05, 3.63) is 46.6 Å². The second-order valence-corrected chi connectivity index (χ2v) is 8.22. The van der Waals surface area contributed by atoms with Crippen LogP contribution in [0.5, 0.6) is 0 Å². The van der Waals surface area contributed by atoms with Gasteiger partial charge >= 0.3 is 0 Å². The van der Waals surface area contributed by atoms with E-state index in [1.165, 1.54) is 11.3 Å². The molecule has 0 aliphatic carbocycles. The zero-order valence-electron chi connectivity index (χ0n) is 14.0. The molecule has 4 aromatic heterocycles. The van der Waals surface area contributed by atoms with Crippen LogP contribution >= 0.6 is 22.7 Å². The third-order valence-corrected chi connectivity index (χ3v) is 5.89. The van der Waals surface area contributed by atoms with Gasteiger partial charge in [-0.2, -0.15) is 0 Å². The van der Waals surface area contributed by atoms with E-state index in [2.05, 4.69) is 15.3 Å². The van der Waals surface area contributed by atoms with Gasteiger partial charge in [0.1, 0.15) is 10.3 Å². The molecule has 0 saturated heterocycles. The molecular formula is C18H14N4O2S2. The number of carbonyl (C=O) groups excluding carboxylic acids is 1. The van der Waals surface area contributed by atoms with Gasteiger partial charge in [0.05, 0.1) is 10.4 Å². The fourth-order valence-electron chi connectivity index (χ4n) is 2.82. The maximum Gasteiger partial charge on any atom is 0.265 e. The molecule has 26 heavy (non-hydrogen) atoms. The Balaban J connectivity index is 1.45. The van der Waals surface area contributed by atoms with Crippen molar-refractivity contribution in [1.29, 1.82) is 0 Å². The minimum Gasteiger partial charge on any atom is -0.440 e. The number of hydrogen-bond acceptors (Lipinski definition) is 6. The summed E-state index contributed by atoms with van der Waals surface area (Å²) in [7, 11) is 0. The third kappa shape index (κ3) is 2.41. The van der Waals surface area contributed by atoms with Crippen molar-refractivity contribution >= 4 is 60.7 Å². The predicted octanol–water partition coefficient (Wildman–Crippen LogP) is 5.13. The van der Waals surface area contributed by atoms with Gasteiger partial charge in [-0.25, -0.2) is 9.97 Å². The van der Waals surface area contributed by atoms with Crippen LogP contribution in [0, 0.1) is 0 Å². The highest BCUT2D eigenvalue weighted by atomic mass is 32.1. The number of rotatable bonds is 3. The lowest BCUT2D eigenvalue weighted by atomic mass is 10.2. The molecule has 0 radical (unpaired) electrons. The van der Waals surface area contributed by atoms with E-state index < -0.39 is 0 Å². The Labute approximate surface area is 156 Å². The van der Waals surface area contributed by atoms with E-state index in [9.17, 15) is 4.79 Å². The number of anilines is 1. The van der Waals surface area contributed by atoms with Gasteiger partial charge in [0.15, 0.2) is 16.4 Å². The van der Waals surface area contributed by atoms with Crippen LogP contribution in [0.4, 0.5) is 5.69 Å².